The molecule has 104 valence electrons. The Labute approximate surface area is 115 Å². The molecule has 0 N–H and O–H groups in total. The third-order valence-electron chi connectivity index (χ3n) is 4.05. The van der Waals surface area contributed by atoms with Crippen molar-refractivity contribution < 1.29 is 9.53 Å². The summed E-state index contributed by atoms with van der Waals surface area (Å²) in [5.41, 5.74) is 0. The van der Waals surface area contributed by atoms with Crippen LogP contribution in [0.4, 0.5) is 0 Å². The van der Waals surface area contributed by atoms with Crippen LogP contribution in [-0.4, -0.2) is 48.1 Å². The molecule has 0 radical (unpaired) electrons. The van der Waals surface area contributed by atoms with Gasteiger partial charge in [0.25, 0.3) is 0 Å². The van der Waals surface area contributed by atoms with E-state index in [2.05, 4.69) is 4.90 Å². The van der Waals surface area contributed by atoms with Gasteiger partial charge < -0.3 is 4.74 Å². The van der Waals surface area contributed by atoms with Gasteiger partial charge in [-0.05, 0) is 56.7 Å². The van der Waals surface area contributed by atoms with Crippen LogP contribution in [0.2, 0.25) is 0 Å². The summed E-state index contributed by atoms with van der Waals surface area (Å²) in [5, 5.41) is 0. The van der Waals surface area contributed by atoms with Crippen molar-refractivity contribution >= 4 is 17.7 Å². The van der Waals surface area contributed by atoms with Crippen LogP contribution < -0.4 is 0 Å². The molecule has 2 unspecified atom stereocenters. The topological polar surface area (TPSA) is 29.5 Å². The first kappa shape index (κ1) is 14.2. The molecule has 2 atom stereocenters. The van der Waals surface area contributed by atoms with E-state index in [4.69, 9.17) is 4.74 Å². The zero-order valence-electron chi connectivity index (χ0n) is 11.4. The minimum Gasteiger partial charge on any atom is -0.466 e. The molecule has 0 amide bonds. The Morgan fingerprint density at radius 1 is 1.39 bits per heavy atom. The molecule has 2 saturated heterocycles. The lowest BCUT2D eigenvalue weighted by molar-refractivity contribution is -0.145. The van der Waals surface area contributed by atoms with Crippen LogP contribution in [-0.2, 0) is 9.53 Å². The number of thioether (sulfide) groups is 1. The largest absolute Gasteiger partial charge is 0.466 e. The van der Waals surface area contributed by atoms with Gasteiger partial charge in [-0.25, -0.2) is 0 Å². The van der Waals surface area contributed by atoms with Gasteiger partial charge in [0.15, 0.2) is 0 Å². The van der Waals surface area contributed by atoms with E-state index in [-0.39, 0.29) is 5.97 Å². The zero-order valence-corrected chi connectivity index (χ0v) is 12.2. The Hall–Kier alpha value is -0.220. The minimum absolute atomic E-state index is 0.00928. The quantitative estimate of drug-likeness (QED) is 0.719. The third-order valence-corrected chi connectivity index (χ3v) is 5.24. The van der Waals surface area contributed by atoms with Crippen LogP contribution in [0.3, 0.4) is 0 Å². The molecule has 2 heterocycles. The van der Waals surface area contributed by atoms with Gasteiger partial charge >= 0.3 is 5.97 Å². The highest BCUT2D eigenvalue weighted by Crippen LogP contribution is 2.31. The van der Waals surface area contributed by atoms with Gasteiger partial charge in [-0.3, -0.25) is 9.69 Å². The fourth-order valence-corrected chi connectivity index (χ4v) is 4.42. The maximum atomic E-state index is 11.8. The second-order valence-corrected chi connectivity index (χ2v) is 6.45. The number of nitrogens with zero attached hydrogens (tertiary/aromatic N) is 1. The standard InChI is InChI=1S/C14H25NO2S/c1-2-17-14(16)10-13(12-6-9-18-11-12)15-7-4-3-5-8-15/h12-13H,2-11H2,1H3. The lowest BCUT2D eigenvalue weighted by atomic mass is 9.93. The summed E-state index contributed by atoms with van der Waals surface area (Å²) in [6.07, 6.45) is 5.80. The second-order valence-electron chi connectivity index (χ2n) is 5.30. The van der Waals surface area contributed by atoms with Crippen molar-refractivity contribution in [3.63, 3.8) is 0 Å². The molecule has 0 bridgehead atoms. The highest BCUT2D eigenvalue weighted by atomic mass is 32.2. The van der Waals surface area contributed by atoms with Gasteiger partial charge in [-0.2, -0.15) is 11.8 Å². The first-order valence-electron chi connectivity index (χ1n) is 7.28. The lowest BCUT2D eigenvalue weighted by Gasteiger charge is -2.37. The summed E-state index contributed by atoms with van der Waals surface area (Å²) < 4.78 is 5.15. The van der Waals surface area contributed by atoms with Crippen LogP contribution >= 0.6 is 11.8 Å². The van der Waals surface area contributed by atoms with E-state index >= 15 is 0 Å². The summed E-state index contributed by atoms with van der Waals surface area (Å²) in [6, 6.07) is 0.430. The van der Waals surface area contributed by atoms with Crippen LogP contribution in [0.25, 0.3) is 0 Å². The molecule has 0 saturated carbocycles. The third kappa shape index (κ3) is 3.89. The van der Waals surface area contributed by atoms with Gasteiger partial charge in [0, 0.05) is 6.04 Å². The van der Waals surface area contributed by atoms with E-state index in [1.807, 2.05) is 18.7 Å². The summed E-state index contributed by atoms with van der Waals surface area (Å²) in [7, 11) is 0. The van der Waals surface area contributed by atoms with E-state index in [9.17, 15) is 4.79 Å². The number of hydrogen-bond donors (Lipinski definition) is 0. The molecule has 0 aromatic carbocycles. The molecular weight excluding hydrogens is 246 g/mol. The Morgan fingerprint density at radius 2 is 2.17 bits per heavy atom. The molecule has 3 nitrogen and oxygen atoms in total. The molecule has 0 aromatic heterocycles. The first-order valence-corrected chi connectivity index (χ1v) is 8.44. The molecule has 2 aliphatic heterocycles. The zero-order chi connectivity index (χ0) is 12.8. The van der Waals surface area contributed by atoms with Crippen molar-refractivity contribution in [2.24, 2.45) is 5.92 Å². The molecule has 2 aliphatic rings. The molecule has 2 fully saturated rings. The average molecular weight is 271 g/mol. The first-order chi connectivity index (χ1) is 8.81. The van der Waals surface area contributed by atoms with E-state index in [1.54, 1.807) is 0 Å². The summed E-state index contributed by atoms with van der Waals surface area (Å²) in [5.74, 6) is 3.17. The Bertz CT molecular complexity index is 261. The normalized spacial score (nSPS) is 27.1. The highest BCUT2D eigenvalue weighted by Gasteiger charge is 2.32. The molecule has 2 rings (SSSR count). The molecular formula is C14H25NO2S. The van der Waals surface area contributed by atoms with Crippen molar-refractivity contribution in [3.8, 4) is 0 Å². The monoisotopic (exact) mass is 271 g/mol. The van der Waals surface area contributed by atoms with E-state index < -0.39 is 0 Å². The maximum Gasteiger partial charge on any atom is 0.307 e. The van der Waals surface area contributed by atoms with Crippen molar-refractivity contribution in [1.29, 1.82) is 0 Å². The van der Waals surface area contributed by atoms with Crippen LogP contribution in [0.15, 0.2) is 0 Å². The fraction of sp³-hybridized carbons (Fsp3) is 0.929. The lowest BCUT2D eigenvalue weighted by Crippen LogP contribution is -2.45. The minimum atomic E-state index is -0.00928. The molecule has 0 aromatic rings. The van der Waals surface area contributed by atoms with Crippen molar-refractivity contribution in [1.82, 2.24) is 4.90 Å². The fourth-order valence-electron chi connectivity index (χ4n) is 3.09. The SMILES string of the molecule is CCOC(=O)CC(C1CCSC1)N1CCCCC1. The number of carbonyl (C=O) groups is 1. The number of rotatable bonds is 5. The van der Waals surface area contributed by atoms with Crippen molar-refractivity contribution in [2.75, 3.05) is 31.2 Å². The number of esters is 1. The van der Waals surface area contributed by atoms with Crippen molar-refractivity contribution in [3.05, 3.63) is 0 Å². The summed E-state index contributed by atoms with van der Waals surface area (Å²) >= 11 is 2.04. The van der Waals surface area contributed by atoms with Crippen LogP contribution in [0.5, 0.6) is 0 Å². The molecule has 0 aliphatic carbocycles. The van der Waals surface area contributed by atoms with Gasteiger partial charge in [-0.1, -0.05) is 6.42 Å². The highest BCUT2D eigenvalue weighted by molar-refractivity contribution is 7.99. The van der Waals surface area contributed by atoms with E-state index in [1.165, 1.54) is 50.3 Å². The number of piperidine rings is 1. The predicted molar refractivity (Wildman–Crippen MR) is 75.9 cm³/mol. The number of likely N-dealkylation sites (tertiary alicyclic amines) is 1. The Balaban J connectivity index is 1.94. The second kappa shape index (κ2) is 7.39. The maximum absolute atomic E-state index is 11.8. The van der Waals surface area contributed by atoms with Crippen LogP contribution in [0.1, 0.15) is 39.0 Å². The Kier molecular flexibility index (Phi) is 5.83. The van der Waals surface area contributed by atoms with Crippen LogP contribution in [0, 0.1) is 5.92 Å². The van der Waals surface area contributed by atoms with E-state index in [0.717, 1.165) is 0 Å². The molecule has 18 heavy (non-hydrogen) atoms. The average Bonchev–Trinajstić information content (AvgIpc) is 2.91. The summed E-state index contributed by atoms with van der Waals surface area (Å²) in [4.78, 5) is 14.3. The van der Waals surface area contributed by atoms with E-state index in [0.29, 0.717) is 25.0 Å². The van der Waals surface area contributed by atoms with Crippen molar-refractivity contribution in [2.45, 2.75) is 45.1 Å². The molecule has 0 spiro atoms. The predicted octanol–water partition coefficient (Wildman–Crippen LogP) is 2.55. The van der Waals surface area contributed by atoms with Gasteiger partial charge in [0.1, 0.15) is 0 Å². The number of ether oxygens (including phenoxy) is 1. The number of hydrogen-bond acceptors (Lipinski definition) is 4. The Morgan fingerprint density at radius 3 is 2.78 bits per heavy atom. The van der Waals surface area contributed by atoms with Gasteiger partial charge in [-0.15, -0.1) is 0 Å². The summed E-state index contributed by atoms with van der Waals surface area (Å²) in [6.45, 7) is 4.74. The smallest absolute Gasteiger partial charge is 0.307 e. The van der Waals surface area contributed by atoms with Gasteiger partial charge in [0.2, 0.25) is 0 Å². The van der Waals surface area contributed by atoms with Gasteiger partial charge in [0.05, 0.1) is 13.0 Å². The molecule has 4 heteroatoms. The number of carbonyl (C=O) groups excluding carboxylic acids is 1.